The molecule has 1 aromatic rings. The summed E-state index contributed by atoms with van der Waals surface area (Å²) in [4.78, 5) is 10.3. The second-order valence-corrected chi connectivity index (χ2v) is 2.98. The summed E-state index contributed by atoms with van der Waals surface area (Å²) >= 11 is 0. The van der Waals surface area contributed by atoms with Crippen LogP contribution in [0.2, 0.25) is 0 Å². The van der Waals surface area contributed by atoms with Crippen molar-refractivity contribution in [2.45, 2.75) is 6.42 Å². The van der Waals surface area contributed by atoms with Crippen molar-refractivity contribution in [3.63, 3.8) is 0 Å². The Balaban J connectivity index is 2.64. The van der Waals surface area contributed by atoms with Gasteiger partial charge in [0, 0.05) is 13.6 Å². The summed E-state index contributed by atoms with van der Waals surface area (Å²) in [6.07, 6.45) is 4.23. The molecule has 0 bridgehead atoms. The van der Waals surface area contributed by atoms with E-state index in [1.165, 1.54) is 0 Å². The molecule has 0 unspecified atom stereocenters. The molecular formula is C9H16N4O. The Labute approximate surface area is 83.9 Å². The molecule has 78 valence electrons. The fourth-order valence-corrected chi connectivity index (χ4v) is 1.06. The minimum Gasteiger partial charge on any atom is -0.480 e. The number of nitrogens with zero attached hydrogens (tertiary/aromatic N) is 3. The van der Waals surface area contributed by atoms with Gasteiger partial charge in [0.05, 0.1) is 19.5 Å². The van der Waals surface area contributed by atoms with E-state index in [0.29, 0.717) is 12.4 Å². The molecule has 0 radical (unpaired) electrons. The van der Waals surface area contributed by atoms with Gasteiger partial charge in [0.15, 0.2) is 5.82 Å². The van der Waals surface area contributed by atoms with E-state index in [1.807, 2.05) is 11.9 Å². The van der Waals surface area contributed by atoms with Gasteiger partial charge in [-0.25, -0.2) is 0 Å². The molecule has 14 heavy (non-hydrogen) atoms. The summed E-state index contributed by atoms with van der Waals surface area (Å²) < 4.78 is 4.98. The number of anilines is 1. The van der Waals surface area contributed by atoms with Gasteiger partial charge >= 0.3 is 0 Å². The summed E-state index contributed by atoms with van der Waals surface area (Å²) in [5.74, 6) is 1.33. The van der Waals surface area contributed by atoms with Crippen LogP contribution in [-0.4, -0.2) is 37.2 Å². The quantitative estimate of drug-likeness (QED) is 0.732. The SMILES string of the molecule is COc1cncc(N(C)CCCN)n1. The molecule has 0 aliphatic heterocycles. The van der Waals surface area contributed by atoms with Crippen LogP contribution in [0.4, 0.5) is 5.82 Å². The molecule has 1 rings (SSSR count). The number of hydrogen-bond donors (Lipinski definition) is 1. The van der Waals surface area contributed by atoms with E-state index >= 15 is 0 Å². The van der Waals surface area contributed by atoms with Gasteiger partial charge in [-0.15, -0.1) is 0 Å². The predicted octanol–water partition coefficient (Wildman–Crippen LogP) is 0.270. The molecule has 0 saturated carbocycles. The molecular weight excluding hydrogens is 180 g/mol. The van der Waals surface area contributed by atoms with E-state index in [4.69, 9.17) is 10.5 Å². The molecule has 0 aliphatic rings. The number of rotatable bonds is 5. The summed E-state index contributed by atoms with van der Waals surface area (Å²) in [6.45, 7) is 1.56. The molecule has 0 aromatic carbocycles. The zero-order valence-electron chi connectivity index (χ0n) is 8.60. The molecule has 0 aliphatic carbocycles. The molecule has 5 heteroatoms. The minimum absolute atomic E-state index is 0.530. The van der Waals surface area contributed by atoms with Gasteiger partial charge in [0.2, 0.25) is 5.88 Å². The highest BCUT2D eigenvalue weighted by Crippen LogP contribution is 2.11. The van der Waals surface area contributed by atoms with Gasteiger partial charge in [0.1, 0.15) is 0 Å². The van der Waals surface area contributed by atoms with Crippen LogP contribution in [0.25, 0.3) is 0 Å². The molecule has 0 amide bonds. The first-order valence-corrected chi connectivity index (χ1v) is 4.55. The van der Waals surface area contributed by atoms with Crippen LogP contribution in [0.3, 0.4) is 0 Å². The molecule has 0 saturated heterocycles. The molecule has 1 aromatic heterocycles. The van der Waals surface area contributed by atoms with E-state index in [9.17, 15) is 0 Å². The highest BCUT2D eigenvalue weighted by molar-refractivity contribution is 5.36. The van der Waals surface area contributed by atoms with Crippen molar-refractivity contribution >= 4 is 5.82 Å². The van der Waals surface area contributed by atoms with Gasteiger partial charge in [-0.3, -0.25) is 4.98 Å². The molecule has 1 heterocycles. The first kappa shape index (κ1) is 10.7. The lowest BCUT2D eigenvalue weighted by Gasteiger charge is -2.17. The number of ether oxygens (including phenoxy) is 1. The standard InChI is InChI=1S/C9H16N4O/c1-13(5-3-4-10)8-6-11-7-9(12-8)14-2/h6-7H,3-5,10H2,1-2H3. The van der Waals surface area contributed by atoms with Crippen LogP contribution in [0.5, 0.6) is 5.88 Å². The van der Waals surface area contributed by atoms with Crippen molar-refractivity contribution in [3.05, 3.63) is 12.4 Å². The van der Waals surface area contributed by atoms with Gasteiger partial charge in [0.25, 0.3) is 0 Å². The zero-order valence-corrected chi connectivity index (χ0v) is 8.60. The number of hydrogen-bond acceptors (Lipinski definition) is 5. The van der Waals surface area contributed by atoms with Crippen LogP contribution in [-0.2, 0) is 0 Å². The number of nitrogens with two attached hydrogens (primary N) is 1. The Bertz CT molecular complexity index is 279. The fraction of sp³-hybridized carbons (Fsp3) is 0.556. The summed E-state index contributed by atoms with van der Waals surface area (Å²) in [5, 5.41) is 0. The predicted molar refractivity (Wildman–Crippen MR) is 55.5 cm³/mol. The largest absolute Gasteiger partial charge is 0.480 e. The molecule has 0 atom stereocenters. The van der Waals surface area contributed by atoms with E-state index in [1.54, 1.807) is 19.5 Å². The topological polar surface area (TPSA) is 64.3 Å². The second kappa shape index (κ2) is 5.39. The van der Waals surface area contributed by atoms with Gasteiger partial charge in [-0.05, 0) is 13.0 Å². The maximum Gasteiger partial charge on any atom is 0.233 e. The third-order valence-electron chi connectivity index (χ3n) is 1.90. The Morgan fingerprint density at radius 2 is 2.29 bits per heavy atom. The van der Waals surface area contributed by atoms with E-state index < -0.39 is 0 Å². The highest BCUT2D eigenvalue weighted by atomic mass is 16.5. The van der Waals surface area contributed by atoms with Gasteiger partial charge in [-0.1, -0.05) is 0 Å². The normalized spacial score (nSPS) is 9.93. The van der Waals surface area contributed by atoms with E-state index in [2.05, 4.69) is 9.97 Å². The van der Waals surface area contributed by atoms with Crippen LogP contribution in [0.1, 0.15) is 6.42 Å². The smallest absolute Gasteiger partial charge is 0.233 e. The van der Waals surface area contributed by atoms with Crippen LogP contribution in [0, 0.1) is 0 Å². The van der Waals surface area contributed by atoms with Crippen molar-refractivity contribution in [3.8, 4) is 5.88 Å². The average Bonchev–Trinajstić information content (AvgIpc) is 2.26. The second-order valence-electron chi connectivity index (χ2n) is 2.98. The Morgan fingerprint density at radius 3 is 2.93 bits per heavy atom. The van der Waals surface area contributed by atoms with Crippen molar-refractivity contribution < 1.29 is 4.74 Å². The molecule has 5 nitrogen and oxygen atoms in total. The van der Waals surface area contributed by atoms with Crippen LogP contribution < -0.4 is 15.4 Å². The average molecular weight is 196 g/mol. The first-order chi connectivity index (χ1) is 6.77. The third-order valence-corrected chi connectivity index (χ3v) is 1.90. The first-order valence-electron chi connectivity index (χ1n) is 4.55. The summed E-state index contributed by atoms with van der Waals surface area (Å²) in [5.41, 5.74) is 5.42. The van der Waals surface area contributed by atoms with E-state index in [0.717, 1.165) is 18.8 Å². The summed E-state index contributed by atoms with van der Waals surface area (Å²) in [6, 6.07) is 0. The van der Waals surface area contributed by atoms with Crippen molar-refractivity contribution in [2.75, 3.05) is 32.1 Å². The molecule has 2 N–H and O–H groups in total. The monoisotopic (exact) mass is 196 g/mol. The Hall–Kier alpha value is -1.36. The highest BCUT2D eigenvalue weighted by Gasteiger charge is 2.03. The fourth-order valence-electron chi connectivity index (χ4n) is 1.06. The van der Waals surface area contributed by atoms with Crippen LogP contribution >= 0.6 is 0 Å². The summed E-state index contributed by atoms with van der Waals surface area (Å²) in [7, 11) is 3.53. The third kappa shape index (κ3) is 2.85. The van der Waals surface area contributed by atoms with E-state index in [-0.39, 0.29) is 0 Å². The molecule has 0 spiro atoms. The van der Waals surface area contributed by atoms with Crippen LogP contribution in [0.15, 0.2) is 12.4 Å². The lowest BCUT2D eigenvalue weighted by atomic mass is 10.4. The van der Waals surface area contributed by atoms with Crippen molar-refractivity contribution in [2.24, 2.45) is 5.73 Å². The van der Waals surface area contributed by atoms with Gasteiger partial charge < -0.3 is 15.4 Å². The van der Waals surface area contributed by atoms with Gasteiger partial charge in [-0.2, -0.15) is 4.98 Å². The maximum atomic E-state index is 5.42. The lowest BCUT2D eigenvalue weighted by Crippen LogP contribution is -2.22. The lowest BCUT2D eigenvalue weighted by molar-refractivity contribution is 0.395. The van der Waals surface area contributed by atoms with Crippen molar-refractivity contribution in [1.82, 2.24) is 9.97 Å². The number of methoxy groups -OCH3 is 1. The maximum absolute atomic E-state index is 5.42. The zero-order chi connectivity index (χ0) is 10.4. The van der Waals surface area contributed by atoms with Crippen molar-refractivity contribution in [1.29, 1.82) is 0 Å². The Kier molecular flexibility index (Phi) is 4.12. The minimum atomic E-state index is 0.530. The Morgan fingerprint density at radius 1 is 1.50 bits per heavy atom. The molecule has 0 fully saturated rings. The number of aromatic nitrogens is 2.